The predicted molar refractivity (Wildman–Crippen MR) is 81.1 cm³/mol. The highest BCUT2D eigenvalue weighted by Gasteiger charge is 2.18. The van der Waals surface area contributed by atoms with Gasteiger partial charge in [-0.25, -0.2) is 4.79 Å². The Morgan fingerprint density at radius 1 is 1.52 bits per heavy atom. The molecule has 1 fully saturated rings. The van der Waals surface area contributed by atoms with Crippen molar-refractivity contribution in [3.05, 3.63) is 18.0 Å². The summed E-state index contributed by atoms with van der Waals surface area (Å²) in [6.07, 6.45) is 8.69. The minimum Gasteiger partial charge on any atom is -0.480 e. The van der Waals surface area contributed by atoms with E-state index in [1.54, 1.807) is 0 Å². The third kappa shape index (κ3) is 4.77. The smallest absolute Gasteiger partial charge is 0.327 e. The SMILES string of the molecule is O=CNC(CSCc1ccn(C2CCCCC2)n1)C(=O)O. The van der Waals surface area contributed by atoms with Crippen molar-refractivity contribution in [2.75, 3.05) is 5.75 Å². The maximum Gasteiger partial charge on any atom is 0.327 e. The second-order valence-electron chi connectivity index (χ2n) is 5.27. The lowest BCUT2D eigenvalue weighted by Gasteiger charge is -2.21. The molecule has 2 N–H and O–H groups in total. The second-order valence-corrected chi connectivity index (χ2v) is 6.30. The Labute approximate surface area is 128 Å². The molecule has 1 atom stereocenters. The number of carboxylic acids is 1. The number of thioether (sulfide) groups is 1. The molecule has 0 radical (unpaired) electrons. The number of rotatable bonds is 8. The van der Waals surface area contributed by atoms with Gasteiger partial charge in [-0.05, 0) is 18.9 Å². The fourth-order valence-corrected chi connectivity index (χ4v) is 3.51. The molecule has 1 amide bonds. The Morgan fingerprint density at radius 3 is 2.95 bits per heavy atom. The predicted octanol–water partition coefficient (Wildman–Crippen LogP) is 1.82. The van der Waals surface area contributed by atoms with Gasteiger partial charge in [-0.15, -0.1) is 0 Å². The molecule has 1 aliphatic carbocycles. The molecule has 1 saturated carbocycles. The molecule has 0 bridgehead atoms. The highest BCUT2D eigenvalue weighted by Crippen LogP contribution is 2.27. The van der Waals surface area contributed by atoms with E-state index in [4.69, 9.17) is 5.11 Å². The largest absolute Gasteiger partial charge is 0.480 e. The summed E-state index contributed by atoms with van der Waals surface area (Å²) < 4.78 is 2.05. The lowest BCUT2D eigenvalue weighted by Crippen LogP contribution is -2.37. The lowest BCUT2D eigenvalue weighted by molar-refractivity contribution is -0.139. The number of aromatic nitrogens is 2. The average Bonchev–Trinajstić information content (AvgIpc) is 2.96. The highest BCUT2D eigenvalue weighted by molar-refractivity contribution is 7.98. The van der Waals surface area contributed by atoms with Crippen molar-refractivity contribution in [1.29, 1.82) is 0 Å². The Kier molecular flexibility index (Phi) is 6.10. The third-order valence-corrected chi connectivity index (χ3v) is 4.78. The molecule has 0 spiro atoms. The van der Waals surface area contributed by atoms with E-state index in [-0.39, 0.29) is 0 Å². The van der Waals surface area contributed by atoms with E-state index in [9.17, 15) is 9.59 Å². The van der Waals surface area contributed by atoms with Gasteiger partial charge in [0.15, 0.2) is 0 Å². The summed E-state index contributed by atoms with van der Waals surface area (Å²) >= 11 is 1.46. The molecule has 1 unspecified atom stereocenters. The Bertz CT molecular complexity index is 472. The first-order chi connectivity index (χ1) is 10.2. The monoisotopic (exact) mass is 311 g/mol. The summed E-state index contributed by atoms with van der Waals surface area (Å²) in [5, 5.41) is 15.8. The lowest BCUT2D eigenvalue weighted by atomic mass is 9.96. The molecule has 2 rings (SSSR count). The van der Waals surface area contributed by atoms with Crippen LogP contribution in [-0.4, -0.2) is 39.1 Å². The van der Waals surface area contributed by atoms with Crippen molar-refractivity contribution < 1.29 is 14.7 Å². The number of amides is 1. The van der Waals surface area contributed by atoms with Crippen LogP contribution in [0.1, 0.15) is 43.8 Å². The molecular formula is C14H21N3O3S. The quantitative estimate of drug-likeness (QED) is 0.715. The maximum absolute atomic E-state index is 10.9. The molecule has 1 aliphatic rings. The first-order valence-electron chi connectivity index (χ1n) is 7.25. The summed E-state index contributed by atoms with van der Waals surface area (Å²) in [5.74, 6) is -0.0173. The van der Waals surface area contributed by atoms with E-state index in [1.807, 2.05) is 16.9 Å². The van der Waals surface area contributed by atoms with Gasteiger partial charge >= 0.3 is 5.97 Å². The van der Waals surface area contributed by atoms with Gasteiger partial charge < -0.3 is 10.4 Å². The summed E-state index contributed by atoms with van der Waals surface area (Å²) in [5.41, 5.74) is 0.959. The Balaban J connectivity index is 1.79. The standard InChI is InChI=1S/C14H21N3O3S/c18-10-15-13(14(19)20)9-21-8-11-6-7-17(16-11)12-4-2-1-3-5-12/h6-7,10,12-13H,1-5,8-9H2,(H,15,18)(H,19,20). The number of carbonyl (C=O) groups is 2. The van der Waals surface area contributed by atoms with Gasteiger partial charge in [0.1, 0.15) is 6.04 Å². The molecule has 21 heavy (non-hydrogen) atoms. The summed E-state index contributed by atoms with van der Waals surface area (Å²) in [7, 11) is 0. The zero-order valence-corrected chi connectivity index (χ0v) is 12.7. The van der Waals surface area contributed by atoms with Crippen LogP contribution in [0.4, 0.5) is 0 Å². The van der Waals surface area contributed by atoms with Crippen molar-refractivity contribution in [1.82, 2.24) is 15.1 Å². The normalized spacial score (nSPS) is 17.3. The average molecular weight is 311 g/mol. The molecule has 1 aromatic rings. The van der Waals surface area contributed by atoms with Gasteiger partial charge in [0.05, 0.1) is 11.7 Å². The van der Waals surface area contributed by atoms with Gasteiger partial charge in [-0.3, -0.25) is 9.48 Å². The van der Waals surface area contributed by atoms with Crippen LogP contribution < -0.4 is 5.32 Å². The molecule has 116 valence electrons. The van der Waals surface area contributed by atoms with Crippen LogP contribution in [-0.2, 0) is 15.3 Å². The van der Waals surface area contributed by atoms with E-state index in [0.717, 1.165) is 5.69 Å². The highest BCUT2D eigenvalue weighted by atomic mass is 32.2. The van der Waals surface area contributed by atoms with E-state index in [1.165, 1.54) is 43.9 Å². The minimum absolute atomic E-state index is 0.338. The van der Waals surface area contributed by atoms with Crippen LogP contribution in [0, 0.1) is 0 Å². The third-order valence-electron chi connectivity index (χ3n) is 3.71. The number of nitrogens with one attached hydrogen (secondary N) is 1. The van der Waals surface area contributed by atoms with E-state index < -0.39 is 12.0 Å². The number of hydrogen-bond donors (Lipinski definition) is 2. The number of hydrogen-bond acceptors (Lipinski definition) is 4. The fourth-order valence-electron chi connectivity index (χ4n) is 2.56. The molecule has 6 nitrogen and oxygen atoms in total. The Morgan fingerprint density at radius 2 is 2.29 bits per heavy atom. The van der Waals surface area contributed by atoms with Crippen molar-refractivity contribution in [2.45, 2.75) is 49.9 Å². The van der Waals surface area contributed by atoms with Crippen LogP contribution in [0.25, 0.3) is 0 Å². The number of aliphatic carboxylic acids is 1. The fraction of sp³-hybridized carbons (Fsp3) is 0.643. The topological polar surface area (TPSA) is 84.2 Å². The van der Waals surface area contributed by atoms with E-state index >= 15 is 0 Å². The number of carboxylic acid groups (broad SMARTS) is 1. The first kappa shape index (κ1) is 15.9. The maximum atomic E-state index is 10.9. The number of carbonyl (C=O) groups excluding carboxylic acids is 1. The van der Waals surface area contributed by atoms with Crippen LogP contribution in [0.15, 0.2) is 12.3 Å². The summed E-state index contributed by atoms with van der Waals surface area (Å²) in [6.45, 7) is 0. The van der Waals surface area contributed by atoms with E-state index in [0.29, 0.717) is 24.0 Å². The molecular weight excluding hydrogens is 290 g/mol. The van der Waals surface area contributed by atoms with Crippen LogP contribution in [0.5, 0.6) is 0 Å². The Hall–Kier alpha value is -1.50. The molecule has 0 saturated heterocycles. The van der Waals surface area contributed by atoms with E-state index in [2.05, 4.69) is 10.4 Å². The molecule has 0 aromatic carbocycles. The molecule has 7 heteroatoms. The van der Waals surface area contributed by atoms with Crippen molar-refractivity contribution >= 4 is 24.1 Å². The van der Waals surface area contributed by atoms with Crippen LogP contribution in [0.2, 0.25) is 0 Å². The van der Waals surface area contributed by atoms with Gasteiger partial charge in [0, 0.05) is 17.7 Å². The van der Waals surface area contributed by atoms with Crippen LogP contribution in [0.3, 0.4) is 0 Å². The zero-order valence-electron chi connectivity index (χ0n) is 11.9. The van der Waals surface area contributed by atoms with Crippen molar-refractivity contribution in [3.63, 3.8) is 0 Å². The van der Waals surface area contributed by atoms with Gasteiger partial charge in [0.25, 0.3) is 0 Å². The van der Waals surface area contributed by atoms with Gasteiger partial charge in [0.2, 0.25) is 6.41 Å². The first-order valence-corrected chi connectivity index (χ1v) is 8.40. The zero-order chi connectivity index (χ0) is 15.1. The van der Waals surface area contributed by atoms with Crippen LogP contribution >= 0.6 is 11.8 Å². The van der Waals surface area contributed by atoms with Gasteiger partial charge in [-0.2, -0.15) is 16.9 Å². The van der Waals surface area contributed by atoms with Crippen molar-refractivity contribution in [3.8, 4) is 0 Å². The summed E-state index contributed by atoms with van der Waals surface area (Å²) in [6, 6.07) is 1.67. The summed E-state index contributed by atoms with van der Waals surface area (Å²) in [4.78, 5) is 21.2. The minimum atomic E-state index is -1.01. The molecule has 1 heterocycles. The van der Waals surface area contributed by atoms with Crippen molar-refractivity contribution in [2.24, 2.45) is 0 Å². The number of nitrogens with zero attached hydrogens (tertiary/aromatic N) is 2. The molecule has 1 aromatic heterocycles. The molecule has 0 aliphatic heterocycles. The second kappa shape index (κ2) is 8.07. The van der Waals surface area contributed by atoms with Gasteiger partial charge in [-0.1, -0.05) is 19.3 Å².